The average Bonchev–Trinajstić information content (AvgIpc) is 3.08. The summed E-state index contributed by atoms with van der Waals surface area (Å²) in [6.07, 6.45) is 1.80. The first-order chi connectivity index (χ1) is 11.4. The number of amides is 1. The number of nitrogens with two attached hydrogens (primary N) is 1. The third kappa shape index (κ3) is 3.30. The number of rotatable bonds is 4. The van der Waals surface area contributed by atoms with Gasteiger partial charge in [-0.15, -0.1) is 0 Å². The molecule has 24 heavy (non-hydrogen) atoms. The molecule has 1 aliphatic carbocycles. The Labute approximate surface area is 145 Å². The molecule has 3 rings (SSSR count). The van der Waals surface area contributed by atoms with E-state index in [-0.39, 0.29) is 11.9 Å². The van der Waals surface area contributed by atoms with E-state index in [0.29, 0.717) is 17.8 Å². The minimum Gasteiger partial charge on any atom is -0.481 e. The van der Waals surface area contributed by atoms with Gasteiger partial charge in [0.1, 0.15) is 5.75 Å². The molecule has 0 bridgehead atoms. The predicted molar refractivity (Wildman–Crippen MR) is 96.1 cm³/mol. The summed E-state index contributed by atoms with van der Waals surface area (Å²) in [6.45, 7) is 9.95. The summed E-state index contributed by atoms with van der Waals surface area (Å²) in [4.78, 5) is 14.7. The molecule has 4 heteroatoms. The van der Waals surface area contributed by atoms with Crippen LogP contribution in [0.4, 0.5) is 0 Å². The molecule has 4 unspecified atom stereocenters. The van der Waals surface area contributed by atoms with Gasteiger partial charge < -0.3 is 15.4 Å². The number of hydrogen-bond acceptors (Lipinski definition) is 3. The topological polar surface area (TPSA) is 55.6 Å². The summed E-state index contributed by atoms with van der Waals surface area (Å²) >= 11 is 0. The van der Waals surface area contributed by atoms with E-state index in [1.165, 1.54) is 11.1 Å². The number of benzene rings is 1. The van der Waals surface area contributed by atoms with Crippen molar-refractivity contribution in [2.24, 2.45) is 17.6 Å². The first-order valence-electron chi connectivity index (χ1n) is 9.18. The van der Waals surface area contributed by atoms with Gasteiger partial charge in [0, 0.05) is 19.1 Å². The maximum Gasteiger partial charge on any atom is 0.263 e. The van der Waals surface area contributed by atoms with Crippen molar-refractivity contribution in [2.45, 2.75) is 58.6 Å². The van der Waals surface area contributed by atoms with E-state index >= 15 is 0 Å². The van der Waals surface area contributed by atoms with Crippen LogP contribution in [0, 0.1) is 18.8 Å². The lowest BCUT2D eigenvalue weighted by molar-refractivity contribution is -0.137. The van der Waals surface area contributed by atoms with Gasteiger partial charge >= 0.3 is 0 Å². The number of hydrogen-bond donors (Lipinski definition) is 1. The van der Waals surface area contributed by atoms with Crippen LogP contribution in [0.3, 0.4) is 0 Å². The summed E-state index contributed by atoms with van der Waals surface area (Å²) in [6, 6.07) is 6.37. The van der Waals surface area contributed by atoms with E-state index in [0.717, 1.165) is 31.7 Å². The zero-order valence-corrected chi connectivity index (χ0v) is 15.3. The van der Waals surface area contributed by atoms with E-state index < -0.39 is 6.10 Å². The van der Waals surface area contributed by atoms with Crippen LogP contribution in [-0.4, -0.2) is 36.0 Å². The highest BCUT2D eigenvalue weighted by Crippen LogP contribution is 2.37. The van der Waals surface area contributed by atoms with Crippen molar-refractivity contribution < 1.29 is 9.53 Å². The number of ether oxygens (including phenoxy) is 1. The fourth-order valence-corrected chi connectivity index (χ4v) is 4.37. The van der Waals surface area contributed by atoms with E-state index in [1.807, 2.05) is 24.0 Å². The summed E-state index contributed by atoms with van der Waals surface area (Å²) in [7, 11) is 0. The van der Waals surface area contributed by atoms with E-state index in [4.69, 9.17) is 10.5 Å². The molecule has 1 aromatic carbocycles. The van der Waals surface area contributed by atoms with Crippen molar-refractivity contribution in [3.05, 3.63) is 29.3 Å². The van der Waals surface area contributed by atoms with Crippen LogP contribution >= 0.6 is 0 Å². The zero-order valence-electron chi connectivity index (χ0n) is 15.3. The first kappa shape index (κ1) is 17.3. The smallest absolute Gasteiger partial charge is 0.263 e. The highest BCUT2D eigenvalue weighted by atomic mass is 16.5. The highest BCUT2D eigenvalue weighted by Gasteiger charge is 2.43. The Bertz CT molecular complexity index is 614. The van der Waals surface area contributed by atoms with Crippen molar-refractivity contribution in [3.8, 4) is 5.75 Å². The second-order valence-electron chi connectivity index (χ2n) is 7.84. The average molecular weight is 330 g/mol. The Kier molecular flexibility index (Phi) is 4.86. The lowest BCUT2D eigenvalue weighted by Crippen LogP contribution is -2.40. The molecule has 2 fully saturated rings. The zero-order chi connectivity index (χ0) is 17.4. The van der Waals surface area contributed by atoms with Crippen LogP contribution in [0.5, 0.6) is 5.75 Å². The monoisotopic (exact) mass is 330 g/mol. The maximum absolute atomic E-state index is 12.7. The number of carbonyl (C=O) groups excluding carboxylic acids is 1. The second kappa shape index (κ2) is 6.75. The van der Waals surface area contributed by atoms with Gasteiger partial charge in [0.15, 0.2) is 6.10 Å². The summed E-state index contributed by atoms with van der Waals surface area (Å²) < 4.78 is 5.93. The molecular weight excluding hydrogens is 300 g/mol. The molecule has 0 spiro atoms. The van der Waals surface area contributed by atoms with Crippen LogP contribution in [-0.2, 0) is 4.79 Å². The quantitative estimate of drug-likeness (QED) is 0.923. The number of carbonyl (C=O) groups is 1. The van der Waals surface area contributed by atoms with Crippen LogP contribution < -0.4 is 10.5 Å². The van der Waals surface area contributed by atoms with Gasteiger partial charge in [0.05, 0.1) is 0 Å². The van der Waals surface area contributed by atoms with Crippen LogP contribution in [0.2, 0.25) is 0 Å². The summed E-state index contributed by atoms with van der Waals surface area (Å²) in [5.41, 5.74) is 8.70. The van der Waals surface area contributed by atoms with Crippen LogP contribution in [0.25, 0.3) is 0 Å². The SMILES string of the molecule is Cc1cc(OC(C)C(=O)N2CC3CCC(N)C3C2)ccc1C(C)C. The Balaban J connectivity index is 1.62. The minimum atomic E-state index is -0.454. The number of likely N-dealkylation sites (tertiary alicyclic amines) is 1. The molecule has 1 amide bonds. The Morgan fingerprint density at radius 2 is 2.00 bits per heavy atom. The number of aryl methyl sites for hydroxylation is 1. The Hall–Kier alpha value is -1.55. The van der Waals surface area contributed by atoms with Crippen molar-refractivity contribution in [1.29, 1.82) is 0 Å². The third-order valence-corrected chi connectivity index (χ3v) is 5.75. The fraction of sp³-hybridized carbons (Fsp3) is 0.650. The Morgan fingerprint density at radius 1 is 1.25 bits per heavy atom. The van der Waals surface area contributed by atoms with Gasteiger partial charge in [-0.3, -0.25) is 4.79 Å². The molecular formula is C20H30N2O2. The predicted octanol–water partition coefficient (Wildman–Crippen LogP) is 3.08. The van der Waals surface area contributed by atoms with Crippen molar-refractivity contribution in [3.63, 3.8) is 0 Å². The molecule has 4 atom stereocenters. The molecule has 1 aromatic rings. The molecule has 0 aromatic heterocycles. The standard InChI is InChI=1S/C20H30N2O2/c1-12(2)17-7-6-16(9-13(17)3)24-14(4)20(23)22-10-15-5-8-19(21)18(15)11-22/h6-7,9,12,14-15,18-19H,5,8,10-11,21H2,1-4H3. The lowest BCUT2D eigenvalue weighted by Gasteiger charge is -2.23. The summed E-state index contributed by atoms with van der Waals surface area (Å²) in [5, 5.41) is 0. The summed E-state index contributed by atoms with van der Waals surface area (Å²) in [5.74, 6) is 2.42. The largest absolute Gasteiger partial charge is 0.481 e. The first-order valence-corrected chi connectivity index (χ1v) is 9.18. The van der Waals surface area contributed by atoms with E-state index in [9.17, 15) is 4.79 Å². The molecule has 0 radical (unpaired) electrons. The van der Waals surface area contributed by atoms with E-state index in [1.54, 1.807) is 0 Å². The van der Waals surface area contributed by atoms with Gasteiger partial charge in [-0.2, -0.15) is 0 Å². The molecule has 1 heterocycles. The normalized spacial score (nSPS) is 27.4. The van der Waals surface area contributed by atoms with Crippen LogP contribution in [0.1, 0.15) is 50.7 Å². The third-order valence-electron chi connectivity index (χ3n) is 5.75. The Morgan fingerprint density at radius 3 is 2.62 bits per heavy atom. The molecule has 4 nitrogen and oxygen atoms in total. The maximum atomic E-state index is 12.7. The van der Waals surface area contributed by atoms with Crippen molar-refractivity contribution in [2.75, 3.05) is 13.1 Å². The number of fused-ring (bicyclic) bond motifs is 1. The van der Waals surface area contributed by atoms with Gasteiger partial charge in [0.25, 0.3) is 5.91 Å². The molecule has 1 aliphatic heterocycles. The molecule has 132 valence electrons. The molecule has 1 saturated carbocycles. The van der Waals surface area contributed by atoms with Crippen LogP contribution in [0.15, 0.2) is 18.2 Å². The number of nitrogens with zero attached hydrogens (tertiary/aromatic N) is 1. The van der Waals surface area contributed by atoms with Gasteiger partial charge in [0.2, 0.25) is 0 Å². The van der Waals surface area contributed by atoms with Crippen molar-refractivity contribution in [1.82, 2.24) is 4.90 Å². The molecule has 1 saturated heterocycles. The fourth-order valence-electron chi connectivity index (χ4n) is 4.37. The van der Waals surface area contributed by atoms with Gasteiger partial charge in [-0.25, -0.2) is 0 Å². The van der Waals surface area contributed by atoms with Gasteiger partial charge in [-0.1, -0.05) is 19.9 Å². The van der Waals surface area contributed by atoms with E-state index in [2.05, 4.69) is 26.8 Å². The highest BCUT2D eigenvalue weighted by molar-refractivity contribution is 5.81. The molecule has 2 N–H and O–H groups in total. The minimum absolute atomic E-state index is 0.0854. The molecule has 2 aliphatic rings. The second-order valence-corrected chi connectivity index (χ2v) is 7.84. The van der Waals surface area contributed by atoms with Crippen molar-refractivity contribution >= 4 is 5.91 Å². The van der Waals surface area contributed by atoms with Gasteiger partial charge in [-0.05, 0) is 67.7 Å². The lowest BCUT2D eigenvalue weighted by atomic mass is 9.98.